The van der Waals surface area contributed by atoms with E-state index >= 15 is 0 Å². The van der Waals surface area contributed by atoms with Gasteiger partial charge in [0.2, 0.25) is 0 Å². The van der Waals surface area contributed by atoms with E-state index in [0.29, 0.717) is 0 Å². The van der Waals surface area contributed by atoms with Gasteiger partial charge in [0.05, 0.1) is 5.54 Å². The van der Waals surface area contributed by atoms with E-state index in [4.69, 9.17) is 11.5 Å². The van der Waals surface area contributed by atoms with Crippen LogP contribution in [0, 0.1) is 24.7 Å². The normalized spacial score (nSPS) is 15.7. The first-order valence-electron chi connectivity index (χ1n) is 11.1. The molecule has 1 unspecified atom stereocenters. The van der Waals surface area contributed by atoms with Crippen molar-refractivity contribution in [2.75, 3.05) is 5.73 Å². The van der Waals surface area contributed by atoms with Crippen LogP contribution in [0.5, 0.6) is 0 Å². The molecule has 0 aromatic heterocycles. The SMILES string of the molecule is CC.CC#C/C=C(\C=C/C)C(N)(CCC1CC1)c1ccc(C)c(N)c1.CC(C)(C)S. The van der Waals surface area contributed by atoms with Crippen LogP contribution in [0.25, 0.3) is 0 Å². The highest BCUT2D eigenvalue weighted by Gasteiger charge is 2.33. The Kier molecular flexibility index (Phi) is 12.9. The summed E-state index contributed by atoms with van der Waals surface area (Å²) in [6.07, 6.45) is 10.8. The quantitative estimate of drug-likeness (QED) is 0.194. The topological polar surface area (TPSA) is 52.0 Å². The van der Waals surface area contributed by atoms with Gasteiger partial charge in [-0.15, -0.1) is 5.92 Å². The van der Waals surface area contributed by atoms with Crippen molar-refractivity contribution in [2.45, 2.75) is 91.4 Å². The molecule has 1 fully saturated rings. The van der Waals surface area contributed by atoms with Crippen molar-refractivity contribution in [3.05, 3.63) is 53.1 Å². The Bertz CT molecular complexity index is 749. The molecule has 1 aliphatic carbocycles. The van der Waals surface area contributed by atoms with Crippen molar-refractivity contribution < 1.29 is 0 Å². The lowest BCUT2D eigenvalue weighted by molar-refractivity contribution is 0.454. The van der Waals surface area contributed by atoms with Gasteiger partial charge < -0.3 is 11.5 Å². The van der Waals surface area contributed by atoms with Gasteiger partial charge in [0.1, 0.15) is 0 Å². The zero-order valence-corrected chi connectivity index (χ0v) is 21.4. The maximum atomic E-state index is 6.94. The van der Waals surface area contributed by atoms with E-state index in [9.17, 15) is 0 Å². The minimum atomic E-state index is -0.541. The Morgan fingerprint density at radius 3 is 2.23 bits per heavy atom. The molecular formula is C27H44N2S. The largest absolute Gasteiger partial charge is 0.399 e. The van der Waals surface area contributed by atoms with Gasteiger partial charge in [-0.1, -0.05) is 77.7 Å². The molecule has 0 radical (unpaired) electrons. The third-order valence-corrected chi connectivity index (χ3v) is 4.67. The Labute approximate surface area is 192 Å². The number of benzene rings is 1. The van der Waals surface area contributed by atoms with Crippen molar-refractivity contribution in [2.24, 2.45) is 11.7 Å². The van der Waals surface area contributed by atoms with Gasteiger partial charge >= 0.3 is 0 Å². The molecule has 1 atom stereocenters. The van der Waals surface area contributed by atoms with E-state index in [1.165, 1.54) is 12.8 Å². The zero-order chi connectivity index (χ0) is 23.4. The lowest BCUT2D eigenvalue weighted by Crippen LogP contribution is -2.38. The van der Waals surface area contributed by atoms with E-state index in [1.54, 1.807) is 0 Å². The Morgan fingerprint density at radius 1 is 1.23 bits per heavy atom. The Morgan fingerprint density at radius 2 is 1.80 bits per heavy atom. The predicted octanol–water partition coefficient (Wildman–Crippen LogP) is 7.19. The summed E-state index contributed by atoms with van der Waals surface area (Å²) in [5.74, 6) is 6.84. The average molecular weight is 429 g/mol. The van der Waals surface area contributed by atoms with Crippen molar-refractivity contribution in [1.29, 1.82) is 0 Å². The highest BCUT2D eigenvalue weighted by atomic mass is 32.1. The summed E-state index contributed by atoms with van der Waals surface area (Å²) in [4.78, 5) is 0. The van der Waals surface area contributed by atoms with Crippen LogP contribution in [-0.4, -0.2) is 4.75 Å². The summed E-state index contributed by atoms with van der Waals surface area (Å²) in [7, 11) is 0. The van der Waals surface area contributed by atoms with Crippen LogP contribution in [-0.2, 0) is 5.54 Å². The summed E-state index contributed by atoms with van der Waals surface area (Å²) >= 11 is 4.12. The van der Waals surface area contributed by atoms with Gasteiger partial charge in [-0.05, 0) is 68.4 Å². The number of hydrogen-bond acceptors (Lipinski definition) is 3. The highest BCUT2D eigenvalue weighted by Crippen LogP contribution is 2.40. The molecule has 168 valence electrons. The molecule has 0 bridgehead atoms. The molecule has 1 aromatic carbocycles. The smallest absolute Gasteiger partial charge is 0.0672 e. The van der Waals surface area contributed by atoms with Gasteiger partial charge in [0.25, 0.3) is 0 Å². The molecule has 0 amide bonds. The van der Waals surface area contributed by atoms with Crippen molar-refractivity contribution in [3.8, 4) is 11.8 Å². The second-order valence-corrected chi connectivity index (χ2v) is 10.0. The lowest BCUT2D eigenvalue weighted by Gasteiger charge is -2.32. The summed E-state index contributed by atoms with van der Waals surface area (Å²) < 4.78 is 0.194. The highest BCUT2D eigenvalue weighted by molar-refractivity contribution is 7.81. The first-order valence-corrected chi connectivity index (χ1v) is 11.6. The number of anilines is 1. The number of nitrogen functional groups attached to an aromatic ring is 1. The standard InChI is InChI=1S/C21H28N2.C4H10S.C2H6/c1-4-6-8-18(7-5-2)21(23,14-13-17-10-11-17)19-12-9-16(3)20(22)15-19;1-4(2,3)5;1-2/h5,7-9,12,15,17H,10-11,13-14,22-23H2,1-3H3;5H,1-3H3;1-2H3/b7-5-,18-8+;;. The van der Waals surface area contributed by atoms with Crippen molar-refractivity contribution in [3.63, 3.8) is 0 Å². The molecule has 0 spiro atoms. The van der Waals surface area contributed by atoms with Crippen molar-refractivity contribution in [1.82, 2.24) is 0 Å². The molecule has 4 N–H and O–H groups in total. The predicted molar refractivity (Wildman–Crippen MR) is 140 cm³/mol. The van der Waals surface area contributed by atoms with E-state index in [1.807, 2.05) is 52.8 Å². The average Bonchev–Trinajstić information content (AvgIpc) is 3.50. The molecule has 0 aliphatic heterocycles. The maximum absolute atomic E-state index is 6.94. The van der Waals surface area contributed by atoms with Crippen LogP contribution in [0.3, 0.4) is 0 Å². The molecule has 0 saturated heterocycles. The zero-order valence-electron chi connectivity index (χ0n) is 20.5. The Hall–Kier alpha value is -1.63. The number of nitrogens with two attached hydrogens (primary N) is 2. The molecule has 3 heteroatoms. The van der Waals surface area contributed by atoms with Crippen LogP contribution >= 0.6 is 12.6 Å². The third kappa shape index (κ3) is 11.0. The van der Waals surface area contributed by atoms with E-state index in [-0.39, 0.29) is 4.75 Å². The van der Waals surface area contributed by atoms with E-state index < -0.39 is 5.54 Å². The van der Waals surface area contributed by atoms with Gasteiger partial charge in [0, 0.05) is 10.4 Å². The summed E-state index contributed by atoms with van der Waals surface area (Å²) in [5, 5.41) is 0. The number of rotatable bonds is 6. The van der Waals surface area contributed by atoms with Crippen LogP contribution < -0.4 is 11.5 Å². The summed E-state index contributed by atoms with van der Waals surface area (Å²) in [6.45, 7) is 16.0. The van der Waals surface area contributed by atoms with Crippen LogP contribution in [0.1, 0.15) is 85.3 Å². The summed E-state index contributed by atoms with van der Waals surface area (Å²) in [6, 6.07) is 6.19. The van der Waals surface area contributed by atoms with Crippen LogP contribution in [0.4, 0.5) is 5.69 Å². The number of allylic oxidation sites excluding steroid dienone is 2. The molecule has 2 nitrogen and oxygen atoms in total. The fraction of sp³-hybridized carbons (Fsp3) is 0.556. The van der Waals surface area contributed by atoms with Gasteiger partial charge in [-0.25, -0.2) is 0 Å². The molecule has 30 heavy (non-hydrogen) atoms. The first kappa shape index (κ1) is 28.4. The fourth-order valence-corrected chi connectivity index (χ4v) is 2.87. The molecular weight excluding hydrogens is 384 g/mol. The third-order valence-electron chi connectivity index (χ3n) is 4.67. The van der Waals surface area contributed by atoms with Gasteiger partial charge in [-0.3, -0.25) is 0 Å². The van der Waals surface area contributed by atoms with Gasteiger partial charge in [0.15, 0.2) is 0 Å². The lowest BCUT2D eigenvalue weighted by atomic mass is 9.78. The second kappa shape index (κ2) is 13.6. The number of thiol groups is 1. The van der Waals surface area contributed by atoms with Crippen LogP contribution in [0.2, 0.25) is 0 Å². The maximum Gasteiger partial charge on any atom is 0.0672 e. The Balaban J connectivity index is 0.00000105. The first-order chi connectivity index (χ1) is 14.0. The van der Waals surface area contributed by atoms with E-state index in [2.05, 4.69) is 63.4 Å². The monoisotopic (exact) mass is 428 g/mol. The molecule has 2 rings (SSSR count). The fourth-order valence-electron chi connectivity index (χ4n) is 2.87. The van der Waals surface area contributed by atoms with E-state index in [0.717, 1.165) is 41.1 Å². The molecule has 1 aromatic rings. The second-order valence-electron chi connectivity index (χ2n) is 8.69. The van der Waals surface area contributed by atoms with Crippen LogP contribution in [0.15, 0.2) is 42.0 Å². The number of hydrogen-bond donors (Lipinski definition) is 3. The summed E-state index contributed by atoms with van der Waals surface area (Å²) in [5.41, 5.74) is 16.5. The van der Waals surface area contributed by atoms with Gasteiger partial charge in [-0.2, -0.15) is 12.6 Å². The molecule has 1 saturated carbocycles. The minimum absolute atomic E-state index is 0.194. The number of aryl methyl sites for hydroxylation is 1. The minimum Gasteiger partial charge on any atom is -0.399 e. The molecule has 1 aliphatic rings. The van der Waals surface area contributed by atoms with Crippen molar-refractivity contribution >= 4 is 18.3 Å². The molecule has 0 heterocycles.